The Balaban J connectivity index is 2.22. The monoisotopic (exact) mass is 335 g/mol. The van der Waals surface area contributed by atoms with Crippen molar-refractivity contribution in [3.63, 3.8) is 0 Å². The first-order valence-electron chi connectivity index (χ1n) is 6.67. The van der Waals surface area contributed by atoms with Crippen LogP contribution in [-0.4, -0.2) is 32.3 Å². The van der Waals surface area contributed by atoms with Crippen molar-refractivity contribution < 1.29 is 13.2 Å². The third-order valence-corrected chi connectivity index (χ3v) is 5.92. The van der Waals surface area contributed by atoms with Crippen LogP contribution in [0.1, 0.15) is 40.7 Å². The molecule has 0 bridgehead atoms. The molecule has 1 aromatic rings. The summed E-state index contributed by atoms with van der Waals surface area (Å²) in [6.45, 7) is 5.17. The summed E-state index contributed by atoms with van der Waals surface area (Å²) in [5.41, 5.74) is 0. The molecule has 2 rings (SSSR count). The van der Waals surface area contributed by atoms with Crippen LogP contribution in [0.25, 0.3) is 0 Å². The molecule has 0 atom stereocenters. The first kappa shape index (κ1) is 15.8. The molecule has 0 saturated heterocycles. The van der Waals surface area contributed by atoms with Crippen molar-refractivity contribution in [3.8, 4) is 0 Å². The van der Waals surface area contributed by atoms with E-state index >= 15 is 0 Å². The Morgan fingerprint density at radius 1 is 1.50 bits per heavy atom. The van der Waals surface area contributed by atoms with Crippen molar-refractivity contribution in [2.75, 3.05) is 13.1 Å². The number of nitrogens with zero attached hydrogens (tertiary/aromatic N) is 1. The number of aryl methyl sites for hydroxylation is 1. The average molecular weight is 336 g/mol. The quantitative estimate of drug-likeness (QED) is 0.750. The van der Waals surface area contributed by atoms with Crippen molar-refractivity contribution in [1.82, 2.24) is 4.90 Å². The molecular formula is C13H18ClNO3S2. The highest BCUT2D eigenvalue weighted by Crippen LogP contribution is 2.32. The van der Waals surface area contributed by atoms with E-state index in [9.17, 15) is 13.2 Å². The Bertz CT molecular complexity index is 605. The third-order valence-electron chi connectivity index (χ3n) is 3.30. The van der Waals surface area contributed by atoms with Crippen LogP contribution in [0.5, 0.6) is 0 Å². The summed E-state index contributed by atoms with van der Waals surface area (Å²) in [5.74, 6) is 0.529. The Labute approximate surface area is 128 Å². The van der Waals surface area contributed by atoms with Crippen LogP contribution in [0.3, 0.4) is 0 Å². The molecule has 0 spiro atoms. The van der Waals surface area contributed by atoms with Crippen molar-refractivity contribution in [2.24, 2.45) is 5.92 Å². The van der Waals surface area contributed by atoms with E-state index in [0.717, 1.165) is 13.0 Å². The maximum atomic E-state index is 12.5. The molecule has 7 heteroatoms. The molecule has 1 aliphatic carbocycles. The van der Waals surface area contributed by atoms with Gasteiger partial charge >= 0.3 is 0 Å². The highest BCUT2D eigenvalue weighted by atomic mass is 35.7. The van der Waals surface area contributed by atoms with Crippen LogP contribution >= 0.6 is 22.0 Å². The molecule has 0 aromatic carbocycles. The Morgan fingerprint density at radius 2 is 2.15 bits per heavy atom. The number of carbonyl (C=O) groups is 1. The second kappa shape index (κ2) is 6.03. The van der Waals surface area contributed by atoms with E-state index in [0.29, 0.717) is 22.2 Å². The Hall–Kier alpha value is -0.590. The van der Waals surface area contributed by atoms with E-state index in [2.05, 4.69) is 0 Å². The lowest BCUT2D eigenvalue weighted by Gasteiger charge is -2.21. The third kappa shape index (κ3) is 3.74. The van der Waals surface area contributed by atoms with Gasteiger partial charge in [-0.15, -0.1) is 11.3 Å². The van der Waals surface area contributed by atoms with Gasteiger partial charge in [-0.05, 0) is 38.2 Å². The average Bonchev–Trinajstić information content (AvgIpc) is 3.07. The van der Waals surface area contributed by atoms with E-state index in [1.54, 1.807) is 6.92 Å². The zero-order chi connectivity index (χ0) is 14.9. The van der Waals surface area contributed by atoms with Crippen LogP contribution in [0, 0.1) is 12.8 Å². The summed E-state index contributed by atoms with van der Waals surface area (Å²) in [5, 5.41) is 0. The molecule has 1 amide bonds. The number of rotatable bonds is 6. The Morgan fingerprint density at radius 3 is 2.60 bits per heavy atom. The van der Waals surface area contributed by atoms with Gasteiger partial charge < -0.3 is 4.90 Å². The second-order valence-corrected chi connectivity index (χ2v) is 8.95. The minimum Gasteiger partial charge on any atom is -0.338 e. The second-order valence-electron chi connectivity index (χ2n) is 5.16. The van der Waals surface area contributed by atoms with Gasteiger partial charge in [0.15, 0.2) is 0 Å². The number of hydrogen-bond acceptors (Lipinski definition) is 4. The van der Waals surface area contributed by atoms with E-state index in [1.165, 1.54) is 30.2 Å². The topological polar surface area (TPSA) is 54.5 Å². The predicted molar refractivity (Wildman–Crippen MR) is 81.0 cm³/mol. The normalized spacial score (nSPS) is 15.3. The molecule has 20 heavy (non-hydrogen) atoms. The van der Waals surface area contributed by atoms with Gasteiger partial charge in [-0.1, -0.05) is 6.92 Å². The smallest absolute Gasteiger partial charge is 0.263 e. The summed E-state index contributed by atoms with van der Waals surface area (Å²) < 4.78 is 22.8. The number of hydrogen-bond donors (Lipinski definition) is 0. The van der Waals surface area contributed by atoms with Gasteiger partial charge in [-0.2, -0.15) is 0 Å². The number of thiophene rings is 1. The molecule has 0 radical (unpaired) electrons. The highest BCUT2D eigenvalue weighted by Gasteiger charge is 2.28. The molecular weight excluding hydrogens is 318 g/mol. The fourth-order valence-corrected chi connectivity index (χ4v) is 4.76. The van der Waals surface area contributed by atoms with E-state index in [-0.39, 0.29) is 10.8 Å². The molecule has 1 saturated carbocycles. The molecule has 112 valence electrons. The van der Waals surface area contributed by atoms with E-state index in [4.69, 9.17) is 10.7 Å². The molecule has 0 unspecified atom stereocenters. The summed E-state index contributed by atoms with van der Waals surface area (Å²) in [6, 6.07) is 1.40. The van der Waals surface area contributed by atoms with Gasteiger partial charge in [-0.3, -0.25) is 4.79 Å². The maximum absolute atomic E-state index is 12.5. The first-order chi connectivity index (χ1) is 9.32. The van der Waals surface area contributed by atoms with Crippen molar-refractivity contribution in [2.45, 2.75) is 38.0 Å². The van der Waals surface area contributed by atoms with Crippen LogP contribution in [-0.2, 0) is 9.05 Å². The zero-order valence-corrected chi connectivity index (χ0v) is 13.9. The van der Waals surface area contributed by atoms with E-state index < -0.39 is 9.05 Å². The molecule has 4 nitrogen and oxygen atoms in total. The molecule has 0 N–H and O–H groups in total. The van der Waals surface area contributed by atoms with Crippen molar-refractivity contribution >= 4 is 37.0 Å². The molecule has 1 heterocycles. The predicted octanol–water partition coefficient (Wildman–Crippen LogP) is 3.25. The molecule has 1 fully saturated rings. The van der Waals surface area contributed by atoms with Crippen molar-refractivity contribution in [1.29, 1.82) is 0 Å². The van der Waals surface area contributed by atoms with Crippen LogP contribution in [0.4, 0.5) is 0 Å². The van der Waals surface area contributed by atoms with Gasteiger partial charge in [-0.25, -0.2) is 8.42 Å². The number of halogens is 1. The Kier molecular flexibility index (Phi) is 4.76. The lowest BCUT2D eigenvalue weighted by Crippen LogP contribution is -2.33. The fraction of sp³-hybridized carbons (Fsp3) is 0.615. The molecule has 1 aliphatic rings. The number of amides is 1. The first-order valence-corrected chi connectivity index (χ1v) is 9.80. The fourth-order valence-electron chi connectivity index (χ4n) is 2.13. The zero-order valence-electron chi connectivity index (χ0n) is 11.6. The minimum atomic E-state index is -3.78. The van der Waals surface area contributed by atoms with Gasteiger partial charge in [0.1, 0.15) is 0 Å². The highest BCUT2D eigenvalue weighted by molar-refractivity contribution is 8.13. The molecule has 1 aromatic heterocycles. The standard InChI is InChI=1S/C13H18ClNO3S2/c1-3-6-15(8-10-4-5-10)13(16)11-7-12(9(2)19-11)20(14,17)18/h7,10H,3-6,8H2,1-2H3. The minimum absolute atomic E-state index is 0.0513. The van der Waals surface area contributed by atoms with Gasteiger partial charge in [0.25, 0.3) is 15.0 Å². The van der Waals surface area contributed by atoms with Crippen LogP contribution in [0.2, 0.25) is 0 Å². The lowest BCUT2D eigenvalue weighted by molar-refractivity contribution is 0.0752. The van der Waals surface area contributed by atoms with Crippen LogP contribution in [0.15, 0.2) is 11.0 Å². The van der Waals surface area contributed by atoms with Gasteiger partial charge in [0.2, 0.25) is 0 Å². The lowest BCUT2D eigenvalue weighted by atomic mass is 10.3. The largest absolute Gasteiger partial charge is 0.338 e. The summed E-state index contributed by atoms with van der Waals surface area (Å²) in [7, 11) is 1.59. The summed E-state index contributed by atoms with van der Waals surface area (Å²) in [4.78, 5) is 15.4. The van der Waals surface area contributed by atoms with Crippen LogP contribution < -0.4 is 0 Å². The van der Waals surface area contributed by atoms with Gasteiger partial charge in [0.05, 0.1) is 9.77 Å². The van der Waals surface area contributed by atoms with E-state index in [1.807, 2.05) is 11.8 Å². The number of carbonyl (C=O) groups excluding carboxylic acids is 1. The summed E-state index contributed by atoms with van der Waals surface area (Å²) in [6.07, 6.45) is 3.25. The molecule has 0 aliphatic heterocycles. The summed E-state index contributed by atoms with van der Waals surface area (Å²) >= 11 is 1.20. The SMILES string of the molecule is CCCN(CC1CC1)C(=O)c1cc(S(=O)(=O)Cl)c(C)s1. The maximum Gasteiger partial charge on any atom is 0.263 e. The van der Waals surface area contributed by atoms with Crippen molar-refractivity contribution in [3.05, 3.63) is 15.8 Å². The van der Waals surface area contributed by atoms with Gasteiger partial charge in [0, 0.05) is 28.6 Å².